The van der Waals surface area contributed by atoms with E-state index in [1.807, 2.05) is 11.8 Å². The molecule has 0 aromatic carbocycles. The molecule has 0 spiro atoms. The molecule has 0 radical (unpaired) electrons. The first-order chi connectivity index (χ1) is 12.6. The lowest BCUT2D eigenvalue weighted by molar-refractivity contribution is -0.129. The number of hydrogen-bond donors (Lipinski definition) is 2. The summed E-state index contributed by atoms with van der Waals surface area (Å²) >= 11 is 0. The van der Waals surface area contributed by atoms with Crippen LogP contribution in [0.5, 0.6) is 0 Å². The van der Waals surface area contributed by atoms with E-state index >= 15 is 0 Å². The van der Waals surface area contributed by atoms with Crippen LogP contribution in [0, 0.1) is 0 Å². The Bertz CT molecular complexity index is 461. The van der Waals surface area contributed by atoms with E-state index in [-0.39, 0.29) is 17.6 Å². The first-order valence-corrected chi connectivity index (χ1v) is 10.6. The quantitative estimate of drug-likeness (QED) is 0.512. The predicted octanol–water partition coefficient (Wildman–Crippen LogP) is 2.68. The summed E-state index contributed by atoms with van der Waals surface area (Å²) in [7, 11) is 0. The van der Waals surface area contributed by atoms with Gasteiger partial charge in [-0.15, -0.1) is 0 Å². The first kappa shape index (κ1) is 21.0. The first-order valence-electron chi connectivity index (χ1n) is 10.6. The Morgan fingerprint density at radius 2 is 2.00 bits per heavy atom. The minimum atomic E-state index is -0.0868. The molecule has 1 amide bonds. The maximum Gasteiger partial charge on any atom is 0.222 e. The van der Waals surface area contributed by atoms with E-state index in [9.17, 15) is 4.79 Å². The summed E-state index contributed by atoms with van der Waals surface area (Å²) in [5.41, 5.74) is -0.0868. The Labute approximate surface area is 159 Å². The molecule has 150 valence electrons. The number of nitrogens with one attached hydrogen (secondary N) is 2. The second-order valence-electron chi connectivity index (χ2n) is 7.61. The molecule has 1 unspecified atom stereocenters. The van der Waals surface area contributed by atoms with Crippen LogP contribution in [0.15, 0.2) is 4.99 Å². The fourth-order valence-corrected chi connectivity index (χ4v) is 3.93. The summed E-state index contributed by atoms with van der Waals surface area (Å²) in [5.74, 6) is 1.10. The van der Waals surface area contributed by atoms with Gasteiger partial charge in [-0.2, -0.15) is 0 Å². The lowest BCUT2D eigenvalue weighted by atomic mass is 9.84. The zero-order chi connectivity index (χ0) is 18.8. The highest BCUT2D eigenvalue weighted by molar-refractivity contribution is 5.80. The molecular weight excluding hydrogens is 328 g/mol. The van der Waals surface area contributed by atoms with E-state index < -0.39 is 0 Å². The van der Waals surface area contributed by atoms with Gasteiger partial charge in [0.15, 0.2) is 5.96 Å². The highest BCUT2D eigenvalue weighted by Gasteiger charge is 2.33. The maximum atomic E-state index is 11.9. The molecule has 0 aromatic heterocycles. The number of aliphatic imine (C=N–C) groups is 1. The molecule has 6 heteroatoms. The normalized spacial score (nSPS) is 23.1. The van der Waals surface area contributed by atoms with Crippen molar-refractivity contribution in [2.24, 2.45) is 4.99 Å². The monoisotopic (exact) mass is 366 g/mol. The summed E-state index contributed by atoms with van der Waals surface area (Å²) in [5, 5.41) is 6.89. The lowest BCUT2D eigenvalue weighted by Crippen LogP contribution is -2.46. The van der Waals surface area contributed by atoms with E-state index in [1.54, 1.807) is 0 Å². The Morgan fingerprint density at radius 3 is 2.65 bits per heavy atom. The molecule has 1 saturated carbocycles. The van der Waals surface area contributed by atoms with Gasteiger partial charge >= 0.3 is 0 Å². The van der Waals surface area contributed by atoms with Crippen LogP contribution in [-0.4, -0.2) is 61.2 Å². The summed E-state index contributed by atoms with van der Waals surface area (Å²) in [6.45, 7) is 10.1. The van der Waals surface area contributed by atoms with Crippen LogP contribution < -0.4 is 10.6 Å². The largest absolute Gasteiger partial charge is 0.373 e. The van der Waals surface area contributed by atoms with Gasteiger partial charge < -0.3 is 20.3 Å². The SMILES string of the molecule is CCCOC1(CN=C(NCC)NC2CCN(C(=O)CC)C2)CCCCC1. The number of carbonyl (C=O) groups excluding carboxylic acids is 1. The van der Waals surface area contributed by atoms with Crippen LogP contribution in [0.3, 0.4) is 0 Å². The van der Waals surface area contributed by atoms with Crippen LogP contribution in [0.1, 0.15) is 72.1 Å². The lowest BCUT2D eigenvalue weighted by Gasteiger charge is -2.36. The Morgan fingerprint density at radius 1 is 1.23 bits per heavy atom. The minimum Gasteiger partial charge on any atom is -0.373 e. The van der Waals surface area contributed by atoms with Crippen LogP contribution in [0.2, 0.25) is 0 Å². The molecule has 1 aliphatic heterocycles. The number of likely N-dealkylation sites (tertiary alicyclic amines) is 1. The number of ether oxygens (including phenoxy) is 1. The van der Waals surface area contributed by atoms with Crippen LogP contribution in [0.4, 0.5) is 0 Å². The molecule has 1 heterocycles. The van der Waals surface area contributed by atoms with Gasteiger partial charge in [0.1, 0.15) is 0 Å². The van der Waals surface area contributed by atoms with Gasteiger partial charge in [-0.1, -0.05) is 33.1 Å². The van der Waals surface area contributed by atoms with Gasteiger partial charge in [-0.25, -0.2) is 0 Å². The van der Waals surface area contributed by atoms with Crippen molar-refractivity contribution in [3.05, 3.63) is 0 Å². The Hall–Kier alpha value is -1.30. The summed E-state index contributed by atoms with van der Waals surface area (Å²) in [6, 6.07) is 0.280. The number of hydrogen-bond acceptors (Lipinski definition) is 3. The smallest absolute Gasteiger partial charge is 0.222 e. The van der Waals surface area contributed by atoms with Crippen molar-refractivity contribution in [1.29, 1.82) is 0 Å². The number of amides is 1. The molecule has 6 nitrogen and oxygen atoms in total. The molecule has 1 atom stereocenters. The molecule has 1 saturated heterocycles. The third-order valence-electron chi connectivity index (χ3n) is 5.43. The van der Waals surface area contributed by atoms with Gasteiger partial charge in [0, 0.05) is 38.7 Å². The second-order valence-corrected chi connectivity index (χ2v) is 7.61. The van der Waals surface area contributed by atoms with Crippen molar-refractivity contribution < 1.29 is 9.53 Å². The van der Waals surface area contributed by atoms with E-state index in [2.05, 4.69) is 24.5 Å². The van der Waals surface area contributed by atoms with Gasteiger partial charge in [0.2, 0.25) is 5.91 Å². The van der Waals surface area contributed by atoms with E-state index in [0.717, 1.165) is 57.9 Å². The van der Waals surface area contributed by atoms with Gasteiger partial charge in [0.25, 0.3) is 0 Å². The fourth-order valence-electron chi connectivity index (χ4n) is 3.93. The molecule has 26 heavy (non-hydrogen) atoms. The average molecular weight is 367 g/mol. The summed E-state index contributed by atoms with van der Waals surface area (Å²) in [6.07, 6.45) is 8.61. The van der Waals surface area contributed by atoms with Crippen molar-refractivity contribution in [2.75, 3.05) is 32.8 Å². The zero-order valence-electron chi connectivity index (χ0n) is 17.0. The van der Waals surface area contributed by atoms with Crippen LogP contribution in [-0.2, 0) is 9.53 Å². The average Bonchev–Trinajstić information content (AvgIpc) is 3.13. The van der Waals surface area contributed by atoms with Gasteiger partial charge in [0.05, 0.1) is 12.1 Å². The van der Waals surface area contributed by atoms with Crippen LogP contribution in [0.25, 0.3) is 0 Å². The van der Waals surface area contributed by atoms with Gasteiger partial charge in [-0.05, 0) is 32.6 Å². The van der Waals surface area contributed by atoms with Crippen molar-refractivity contribution in [1.82, 2.24) is 15.5 Å². The molecule has 2 fully saturated rings. The Balaban J connectivity index is 1.95. The van der Waals surface area contributed by atoms with Crippen LogP contribution >= 0.6 is 0 Å². The van der Waals surface area contributed by atoms with E-state index in [4.69, 9.17) is 9.73 Å². The fraction of sp³-hybridized carbons (Fsp3) is 0.900. The van der Waals surface area contributed by atoms with Gasteiger partial charge in [-0.3, -0.25) is 9.79 Å². The topological polar surface area (TPSA) is 66.0 Å². The van der Waals surface area contributed by atoms with E-state index in [0.29, 0.717) is 13.0 Å². The number of guanidine groups is 1. The molecule has 0 aromatic rings. The van der Waals surface area contributed by atoms with Crippen molar-refractivity contribution in [3.63, 3.8) is 0 Å². The standard InChI is InChI=1S/C20H38N4O2/c1-4-14-26-20(11-8-7-9-12-20)16-22-19(21-6-3)23-17-10-13-24(15-17)18(25)5-2/h17H,4-16H2,1-3H3,(H2,21,22,23). The van der Waals surface area contributed by atoms with Crippen molar-refractivity contribution in [3.8, 4) is 0 Å². The molecule has 1 aliphatic carbocycles. The molecule has 0 bridgehead atoms. The molecular formula is C20H38N4O2. The highest BCUT2D eigenvalue weighted by atomic mass is 16.5. The molecule has 2 aliphatic rings. The summed E-state index contributed by atoms with van der Waals surface area (Å²) < 4.78 is 6.27. The highest BCUT2D eigenvalue weighted by Crippen LogP contribution is 2.32. The third-order valence-corrected chi connectivity index (χ3v) is 5.43. The third kappa shape index (κ3) is 6.15. The Kier molecular flexibility index (Phi) is 8.69. The second kappa shape index (κ2) is 10.8. The van der Waals surface area contributed by atoms with Crippen molar-refractivity contribution >= 4 is 11.9 Å². The number of nitrogens with zero attached hydrogens (tertiary/aromatic N) is 2. The van der Waals surface area contributed by atoms with E-state index in [1.165, 1.54) is 19.3 Å². The predicted molar refractivity (Wildman–Crippen MR) is 106 cm³/mol. The zero-order valence-corrected chi connectivity index (χ0v) is 17.0. The summed E-state index contributed by atoms with van der Waals surface area (Å²) in [4.78, 5) is 18.7. The molecule has 2 N–H and O–H groups in total. The maximum absolute atomic E-state index is 11.9. The number of rotatable bonds is 8. The number of carbonyl (C=O) groups is 1. The molecule has 2 rings (SSSR count). The minimum absolute atomic E-state index is 0.0868. The van der Waals surface area contributed by atoms with Crippen molar-refractivity contribution in [2.45, 2.75) is 83.8 Å².